The Hall–Kier alpha value is -5.24. The Labute approximate surface area is 276 Å². The number of rotatable bonds is 10. The van der Waals surface area contributed by atoms with Crippen LogP contribution in [0.3, 0.4) is 0 Å². The van der Waals surface area contributed by atoms with Crippen molar-refractivity contribution >= 4 is 62.7 Å². The van der Waals surface area contributed by atoms with E-state index in [9.17, 15) is 24.5 Å². The van der Waals surface area contributed by atoms with E-state index in [2.05, 4.69) is 0 Å². The number of nitro groups is 1. The average molecular weight is 661 g/mol. The highest BCUT2D eigenvalue weighted by Crippen LogP contribution is 2.49. The molecule has 1 saturated heterocycles. The van der Waals surface area contributed by atoms with Crippen LogP contribution >= 0.6 is 18.6 Å². The molecule has 8 nitrogen and oxygen atoms in total. The van der Waals surface area contributed by atoms with Gasteiger partial charge in [-0.2, -0.15) is 0 Å². The summed E-state index contributed by atoms with van der Waals surface area (Å²) in [5.41, 5.74) is 1.13. The van der Waals surface area contributed by atoms with Crippen molar-refractivity contribution < 1.29 is 24.0 Å². The number of hydrogen-bond donors (Lipinski definition) is 0. The summed E-state index contributed by atoms with van der Waals surface area (Å²) in [5, 5.41) is 12.8. The number of thioether (sulfide) groups is 1. The highest BCUT2D eigenvalue weighted by atomic mass is 32.2. The molecule has 234 valence electrons. The number of nitro benzene ring substituents is 1. The fourth-order valence-electron chi connectivity index (χ4n) is 5.59. The fraction of sp³-hybridized carbons (Fsp3) is 0.0811. The lowest BCUT2D eigenvalue weighted by Crippen LogP contribution is -2.58. The first-order chi connectivity index (χ1) is 22.9. The van der Waals surface area contributed by atoms with Gasteiger partial charge in [0, 0.05) is 24.6 Å². The summed E-state index contributed by atoms with van der Waals surface area (Å²) in [7, 11) is 0. The number of non-ortho nitro benzene ring substituents is 1. The van der Waals surface area contributed by atoms with Crippen LogP contribution in [0.5, 0.6) is 0 Å². The Morgan fingerprint density at radius 3 is 1.66 bits per heavy atom. The summed E-state index contributed by atoms with van der Waals surface area (Å²) in [4.78, 5) is 54.0. The van der Waals surface area contributed by atoms with Gasteiger partial charge in [0.1, 0.15) is 12.0 Å². The van der Waals surface area contributed by atoms with Crippen molar-refractivity contribution in [3.05, 3.63) is 167 Å². The first-order valence-corrected chi connectivity index (χ1v) is 17.5. The molecule has 6 rings (SSSR count). The molecule has 1 fully saturated rings. The molecule has 0 radical (unpaired) electrons. The molecule has 0 spiro atoms. The summed E-state index contributed by atoms with van der Waals surface area (Å²) in [6.07, 6.45) is 0.0702. The first kappa shape index (κ1) is 31.7. The van der Waals surface area contributed by atoms with E-state index in [0.717, 1.165) is 27.7 Å². The number of ether oxygens (including phenoxy) is 1. The zero-order valence-electron chi connectivity index (χ0n) is 25.0. The molecule has 1 heterocycles. The van der Waals surface area contributed by atoms with E-state index in [1.54, 1.807) is 24.3 Å². The van der Waals surface area contributed by atoms with Crippen LogP contribution in [0, 0.1) is 10.1 Å². The number of benzene rings is 5. The van der Waals surface area contributed by atoms with Crippen molar-refractivity contribution in [3.63, 3.8) is 0 Å². The molecule has 0 saturated carbocycles. The molecule has 10 heteroatoms. The number of esters is 1. The topological polar surface area (TPSA) is 107 Å². The maximum atomic E-state index is 14.7. The van der Waals surface area contributed by atoms with Crippen LogP contribution in [0.4, 0.5) is 5.69 Å². The number of likely N-dealkylation sites (tertiary alicyclic amines) is 1. The Balaban J connectivity index is 1.57. The highest BCUT2D eigenvalue weighted by molar-refractivity contribution is 8.14. The normalized spacial score (nSPS) is 14.2. The summed E-state index contributed by atoms with van der Waals surface area (Å²) in [6, 6.07) is 43.4. The third-order valence-electron chi connectivity index (χ3n) is 7.83. The Morgan fingerprint density at radius 1 is 0.745 bits per heavy atom. The van der Waals surface area contributed by atoms with Crippen LogP contribution in [-0.4, -0.2) is 37.6 Å². The zero-order valence-corrected chi connectivity index (χ0v) is 26.8. The molecule has 0 aromatic heterocycles. The number of amides is 1. The lowest BCUT2D eigenvalue weighted by atomic mass is 10.2. The molecule has 0 N–H and O–H groups in total. The van der Waals surface area contributed by atoms with Gasteiger partial charge >= 0.3 is 5.97 Å². The van der Waals surface area contributed by atoms with Crippen molar-refractivity contribution in [1.82, 2.24) is 4.90 Å². The van der Waals surface area contributed by atoms with Gasteiger partial charge in [-0.05, 0) is 33.6 Å². The van der Waals surface area contributed by atoms with E-state index in [1.165, 1.54) is 29.2 Å². The quantitative estimate of drug-likeness (QED) is 0.0604. The van der Waals surface area contributed by atoms with Crippen molar-refractivity contribution in [2.75, 3.05) is 0 Å². The number of carbonyl (C=O) groups excluding carboxylic acids is 3. The van der Waals surface area contributed by atoms with Crippen LogP contribution in [0.25, 0.3) is 0 Å². The number of hydrogen-bond acceptors (Lipinski definition) is 7. The molecule has 1 amide bonds. The SMILES string of the molecule is O=C(OCc1ccc([N+](=O)[O-])cc1)C(N1C(=O)C[C@@H]1SC(=O)c1ccccc1)=P(c1ccccc1)(c1ccccc1)c1ccccc1. The Bertz CT molecular complexity index is 1870. The van der Waals surface area contributed by atoms with Gasteiger partial charge in [0.25, 0.3) is 5.69 Å². The second-order valence-corrected chi connectivity index (χ2v) is 15.2. The second kappa shape index (κ2) is 14.0. The predicted octanol–water partition coefficient (Wildman–Crippen LogP) is 5.89. The Kier molecular flexibility index (Phi) is 9.47. The minimum Gasteiger partial charge on any atom is -0.456 e. The third-order valence-corrected chi connectivity index (χ3v) is 13.2. The molecule has 5 aromatic carbocycles. The largest absolute Gasteiger partial charge is 0.456 e. The average Bonchev–Trinajstić information content (AvgIpc) is 3.12. The molecular formula is C37H29N2O6PS. The van der Waals surface area contributed by atoms with E-state index in [0.29, 0.717) is 11.1 Å². The fourth-order valence-corrected chi connectivity index (χ4v) is 11.1. The van der Waals surface area contributed by atoms with Crippen molar-refractivity contribution in [1.29, 1.82) is 0 Å². The van der Waals surface area contributed by atoms with Crippen LogP contribution in [-0.2, 0) is 20.9 Å². The maximum absolute atomic E-state index is 14.7. The van der Waals surface area contributed by atoms with Crippen LogP contribution < -0.4 is 15.9 Å². The molecule has 1 aliphatic rings. The number of β-lactam (4-membered cyclic amide) rings is 1. The number of carbonyl (C=O) groups is 3. The summed E-state index contributed by atoms with van der Waals surface area (Å²) >= 11 is 1.01. The minimum atomic E-state index is -3.14. The molecule has 1 atom stereocenters. The summed E-state index contributed by atoms with van der Waals surface area (Å²) in [5.74, 6) is -1.00. The smallest absolute Gasteiger partial charge is 0.356 e. The monoisotopic (exact) mass is 660 g/mol. The van der Waals surface area contributed by atoms with E-state index >= 15 is 0 Å². The van der Waals surface area contributed by atoms with E-state index in [4.69, 9.17) is 4.74 Å². The maximum Gasteiger partial charge on any atom is 0.356 e. The van der Waals surface area contributed by atoms with Gasteiger partial charge in [0.05, 0.1) is 16.7 Å². The zero-order chi connectivity index (χ0) is 32.8. The van der Waals surface area contributed by atoms with Gasteiger partial charge in [-0.1, -0.05) is 133 Å². The second-order valence-electron chi connectivity index (χ2n) is 10.7. The van der Waals surface area contributed by atoms with Gasteiger partial charge in [0.15, 0.2) is 0 Å². The standard InChI is InChI=1S/C37H29N2O6PS/c40-33-25-34(47-37(42)28-13-5-1-6-14-28)38(33)35(36(41)45-26-27-21-23-29(24-22-27)39(43)44)46(30-15-7-2-8-16-30,31-17-9-3-10-18-31)32-19-11-4-12-20-32/h1-24,34H,25-26H2/t34-/m0/s1. The lowest BCUT2D eigenvalue weighted by molar-refractivity contribution is -0.384. The molecule has 0 aliphatic carbocycles. The lowest BCUT2D eigenvalue weighted by Gasteiger charge is -2.44. The van der Waals surface area contributed by atoms with Gasteiger partial charge in [-0.25, -0.2) is 4.79 Å². The van der Waals surface area contributed by atoms with Crippen LogP contribution in [0.1, 0.15) is 22.3 Å². The number of nitrogens with zero attached hydrogens (tertiary/aromatic N) is 2. The van der Waals surface area contributed by atoms with Gasteiger partial charge < -0.3 is 4.74 Å². The van der Waals surface area contributed by atoms with Crippen LogP contribution in [0.15, 0.2) is 146 Å². The molecule has 47 heavy (non-hydrogen) atoms. The summed E-state index contributed by atoms with van der Waals surface area (Å²) in [6.45, 7) is -3.32. The van der Waals surface area contributed by atoms with E-state index in [1.807, 2.05) is 97.1 Å². The summed E-state index contributed by atoms with van der Waals surface area (Å²) < 4.78 is 6.00. The highest BCUT2D eigenvalue weighted by Gasteiger charge is 2.48. The van der Waals surface area contributed by atoms with Gasteiger partial charge in [0.2, 0.25) is 11.0 Å². The molecule has 1 aliphatic heterocycles. The molecule has 0 unspecified atom stereocenters. The molecule has 5 aromatic rings. The first-order valence-electron chi connectivity index (χ1n) is 14.8. The Morgan fingerprint density at radius 2 is 1.21 bits per heavy atom. The van der Waals surface area contributed by atoms with Crippen molar-refractivity contribution in [2.24, 2.45) is 0 Å². The predicted molar refractivity (Wildman–Crippen MR) is 187 cm³/mol. The van der Waals surface area contributed by atoms with Gasteiger partial charge in [-0.15, -0.1) is 0 Å². The minimum absolute atomic E-state index is 0.0702. The van der Waals surface area contributed by atoms with E-state index in [-0.39, 0.29) is 35.2 Å². The third kappa shape index (κ3) is 6.41. The van der Waals surface area contributed by atoms with Gasteiger partial charge in [-0.3, -0.25) is 24.6 Å². The van der Waals surface area contributed by atoms with E-state index < -0.39 is 23.2 Å². The molecular weight excluding hydrogens is 631 g/mol. The van der Waals surface area contributed by atoms with Crippen molar-refractivity contribution in [2.45, 2.75) is 18.4 Å². The van der Waals surface area contributed by atoms with Crippen LogP contribution in [0.2, 0.25) is 0 Å². The van der Waals surface area contributed by atoms with Crippen molar-refractivity contribution in [3.8, 4) is 0 Å². The molecule has 0 bridgehead atoms.